The number of amides is 1. The Kier molecular flexibility index (Phi) is 22.8. The second-order valence-corrected chi connectivity index (χ2v) is 12.9. The first kappa shape index (κ1) is 42.6. The quantitative estimate of drug-likeness (QED) is 0.0399. The lowest BCUT2D eigenvalue weighted by molar-refractivity contribution is -0.298. The molecular formula is C32H59NO12S. The summed E-state index contributed by atoms with van der Waals surface area (Å²) in [6, 6.07) is -1.12. The number of aliphatic hydroxyl groups is 5. The Morgan fingerprint density at radius 2 is 1.43 bits per heavy atom. The molecule has 0 spiro atoms. The normalized spacial score (nSPS) is 24.4. The van der Waals surface area contributed by atoms with Gasteiger partial charge in [-0.25, -0.2) is 4.18 Å². The summed E-state index contributed by atoms with van der Waals surface area (Å²) in [6.07, 6.45) is 10.8. The van der Waals surface area contributed by atoms with E-state index in [1.807, 2.05) is 0 Å². The number of unbranched alkanes of at least 4 members (excludes halogenated alkanes) is 11. The first-order valence-corrected chi connectivity index (χ1v) is 18.2. The van der Waals surface area contributed by atoms with Crippen molar-refractivity contribution in [1.82, 2.24) is 5.32 Å². The van der Waals surface area contributed by atoms with Crippen LogP contribution in [0, 0.1) is 0 Å². The molecule has 1 amide bonds. The van der Waals surface area contributed by atoms with Crippen molar-refractivity contribution in [2.24, 2.45) is 0 Å². The van der Waals surface area contributed by atoms with Gasteiger partial charge in [-0.2, -0.15) is 8.42 Å². The van der Waals surface area contributed by atoms with E-state index in [2.05, 4.69) is 35.5 Å². The lowest BCUT2D eigenvalue weighted by Crippen LogP contribution is -2.61. The molecule has 14 heteroatoms. The zero-order chi connectivity index (χ0) is 34.4. The predicted octanol–water partition coefficient (Wildman–Crippen LogP) is 2.84. The SMILES string of the molecule is CCCCC/C=C/C(O)C(COC1OC(CO)C(O)C(OS(=O)(=O)O)C1O)NC(=O)C(O)CCCC/C=C\CCCCCCCC. The maximum Gasteiger partial charge on any atom is 0.397 e. The largest absolute Gasteiger partial charge is 0.397 e. The van der Waals surface area contributed by atoms with Crippen LogP contribution in [0.5, 0.6) is 0 Å². The van der Waals surface area contributed by atoms with Crippen LogP contribution in [0.4, 0.5) is 0 Å². The summed E-state index contributed by atoms with van der Waals surface area (Å²) in [6.45, 7) is 2.99. The van der Waals surface area contributed by atoms with Gasteiger partial charge < -0.3 is 40.3 Å². The molecule has 270 valence electrons. The Balaban J connectivity index is 2.72. The fraction of sp³-hybridized carbons (Fsp3) is 0.844. The summed E-state index contributed by atoms with van der Waals surface area (Å²) in [7, 11) is -5.10. The molecular weight excluding hydrogens is 622 g/mol. The molecule has 1 fully saturated rings. The van der Waals surface area contributed by atoms with Gasteiger partial charge in [-0.1, -0.05) is 89.5 Å². The van der Waals surface area contributed by atoms with Crippen molar-refractivity contribution in [3.05, 3.63) is 24.3 Å². The lowest BCUT2D eigenvalue weighted by Gasteiger charge is -2.41. The number of hydrogen-bond acceptors (Lipinski definition) is 11. The summed E-state index contributed by atoms with van der Waals surface area (Å²) >= 11 is 0. The molecule has 1 aliphatic rings. The molecule has 7 N–H and O–H groups in total. The van der Waals surface area contributed by atoms with Crippen LogP contribution in [-0.2, 0) is 28.9 Å². The number of hydrogen-bond donors (Lipinski definition) is 7. The highest BCUT2D eigenvalue weighted by Gasteiger charge is 2.48. The van der Waals surface area contributed by atoms with Gasteiger partial charge in [-0.3, -0.25) is 9.35 Å². The van der Waals surface area contributed by atoms with Gasteiger partial charge >= 0.3 is 10.4 Å². The van der Waals surface area contributed by atoms with E-state index in [0.29, 0.717) is 12.8 Å². The Morgan fingerprint density at radius 1 is 0.870 bits per heavy atom. The van der Waals surface area contributed by atoms with E-state index in [0.717, 1.165) is 38.5 Å². The number of nitrogens with one attached hydrogen (secondary N) is 1. The highest BCUT2D eigenvalue weighted by molar-refractivity contribution is 7.80. The molecule has 0 aromatic rings. The molecule has 1 saturated heterocycles. The third-order valence-corrected chi connectivity index (χ3v) is 8.30. The van der Waals surface area contributed by atoms with E-state index in [-0.39, 0.29) is 6.42 Å². The molecule has 8 atom stereocenters. The van der Waals surface area contributed by atoms with Crippen molar-refractivity contribution >= 4 is 16.3 Å². The minimum atomic E-state index is -5.10. The Bertz CT molecular complexity index is 963. The van der Waals surface area contributed by atoms with Crippen molar-refractivity contribution in [3.8, 4) is 0 Å². The van der Waals surface area contributed by atoms with E-state index in [1.165, 1.54) is 44.6 Å². The van der Waals surface area contributed by atoms with Gasteiger partial charge in [0.25, 0.3) is 0 Å². The molecule has 1 aliphatic heterocycles. The predicted molar refractivity (Wildman–Crippen MR) is 173 cm³/mol. The second-order valence-electron chi connectivity index (χ2n) is 11.9. The number of allylic oxidation sites excluding steroid dienone is 3. The fourth-order valence-corrected chi connectivity index (χ4v) is 5.55. The van der Waals surface area contributed by atoms with Gasteiger partial charge in [-0.15, -0.1) is 0 Å². The van der Waals surface area contributed by atoms with Crippen LogP contribution >= 0.6 is 0 Å². The number of carbonyl (C=O) groups is 1. The minimum Gasteiger partial charge on any atom is -0.394 e. The number of rotatable bonds is 26. The second kappa shape index (κ2) is 24.6. The summed E-state index contributed by atoms with van der Waals surface area (Å²) in [5, 5.41) is 54.2. The minimum absolute atomic E-state index is 0.211. The van der Waals surface area contributed by atoms with E-state index in [9.17, 15) is 38.7 Å². The molecule has 0 aliphatic carbocycles. The van der Waals surface area contributed by atoms with Gasteiger partial charge in [0.1, 0.15) is 30.5 Å². The molecule has 0 radical (unpaired) electrons. The van der Waals surface area contributed by atoms with Crippen LogP contribution in [0.2, 0.25) is 0 Å². The maximum atomic E-state index is 12.8. The van der Waals surface area contributed by atoms with Gasteiger partial charge in [0.15, 0.2) is 6.29 Å². The van der Waals surface area contributed by atoms with Crippen LogP contribution in [0.25, 0.3) is 0 Å². The first-order chi connectivity index (χ1) is 21.9. The monoisotopic (exact) mass is 681 g/mol. The molecule has 0 aromatic carbocycles. The van der Waals surface area contributed by atoms with Gasteiger partial charge in [-0.05, 0) is 44.9 Å². The Morgan fingerprint density at radius 3 is 2.07 bits per heavy atom. The number of carbonyl (C=O) groups excluding carboxylic acids is 1. The first-order valence-electron chi connectivity index (χ1n) is 16.8. The number of aliphatic hydroxyl groups excluding tert-OH is 5. The molecule has 1 heterocycles. The summed E-state index contributed by atoms with van der Waals surface area (Å²) in [5.41, 5.74) is 0. The molecule has 1 rings (SSSR count). The molecule has 13 nitrogen and oxygen atoms in total. The van der Waals surface area contributed by atoms with Crippen molar-refractivity contribution in [2.75, 3.05) is 13.2 Å². The summed E-state index contributed by atoms with van der Waals surface area (Å²) < 4.78 is 46.9. The van der Waals surface area contributed by atoms with Crippen LogP contribution in [-0.4, -0.2) is 107 Å². The zero-order valence-electron chi connectivity index (χ0n) is 27.5. The van der Waals surface area contributed by atoms with Crippen molar-refractivity contribution in [3.63, 3.8) is 0 Å². The van der Waals surface area contributed by atoms with E-state index >= 15 is 0 Å². The fourth-order valence-electron chi connectivity index (χ4n) is 5.04. The van der Waals surface area contributed by atoms with Crippen LogP contribution < -0.4 is 5.32 Å². The molecule has 0 bridgehead atoms. The zero-order valence-corrected chi connectivity index (χ0v) is 28.3. The van der Waals surface area contributed by atoms with E-state index < -0.39 is 78.5 Å². The average molecular weight is 682 g/mol. The Hall–Kier alpha value is -1.46. The smallest absolute Gasteiger partial charge is 0.394 e. The third kappa shape index (κ3) is 18.2. The highest BCUT2D eigenvalue weighted by atomic mass is 32.3. The van der Waals surface area contributed by atoms with Crippen LogP contribution in [0.15, 0.2) is 24.3 Å². The molecule has 0 aromatic heterocycles. The van der Waals surface area contributed by atoms with E-state index in [1.54, 1.807) is 6.08 Å². The van der Waals surface area contributed by atoms with Gasteiger partial charge in [0, 0.05) is 0 Å². The summed E-state index contributed by atoms with van der Waals surface area (Å²) in [5.74, 6) is -0.730. The van der Waals surface area contributed by atoms with Crippen molar-refractivity contribution in [1.29, 1.82) is 0 Å². The molecule has 8 unspecified atom stereocenters. The average Bonchev–Trinajstić information content (AvgIpc) is 3.01. The van der Waals surface area contributed by atoms with Crippen molar-refractivity contribution in [2.45, 2.75) is 159 Å². The van der Waals surface area contributed by atoms with Gasteiger partial charge in [0.2, 0.25) is 5.91 Å². The molecule has 46 heavy (non-hydrogen) atoms. The Labute approximate surface area is 275 Å². The standard InChI is InChI=1S/C32H59NO12S/c1-3-5-7-9-10-11-12-13-14-15-17-19-21-26(36)31(39)33-24(25(35)20-18-16-8-6-4-2)23-43-32-29(38)30(45-46(40,41)42)28(37)27(22-34)44-32/h13-14,18,20,24-30,32,34-38H,3-12,15-17,19,21-23H2,1-2H3,(H,33,39)(H,40,41,42)/b14-13-,20-18+. The molecule has 0 saturated carbocycles. The third-order valence-electron chi connectivity index (χ3n) is 7.83. The highest BCUT2D eigenvalue weighted by Crippen LogP contribution is 2.26. The van der Waals surface area contributed by atoms with Crippen molar-refractivity contribution < 1.29 is 57.0 Å². The van der Waals surface area contributed by atoms with Crippen LogP contribution in [0.1, 0.15) is 110 Å². The van der Waals surface area contributed by atoms with Crippen LogP contribution in [0.3, 0.4) is 0 Å². The number of ether oxygens (including phenoxy) is 2. The maximum absolute atomic E-state index is 12.8. The van der Waals surface area contributed by atoms with Gasteiger partial charge in [0.05, 0.1) is 25.4 Å². The summed E-state index contributed by atoms with van der Waals surface area (Å²) in [4.78, 5) is 12.8. The van der Waals surface area contributed by atoms with E-state index in [4.69, 9.17) is 14.0 Å². The topological polar surface area (TPSA) is 212 Å². The lowest BCUT2D eigenvalue weighted by atomic mass is 9.99.